The highest BCUT2D eigenvalue weighted by molar-refractivity contribution is 7.11. The first-order chi connectivity index (χ1) is 13.0. The van der Waals surface area contributed by atoms with Crippen molar-refractivity contribution in [1.82, 2.24) is 20.9 Å². The molecule has 1 heterocycles. The van der Waals surface area contributed by atoms with Crippen molar-refractivity contribution in [2.24, 2.45) is 4.99 Å². The number of alkyl carbamates (subject to hydrolysis) is 1. The van der Waals surface area contributed by atoms with Crippen LogP contribution in [0.4, 0.5) is 4.79 Å². The number of guanidine groups is 1. The SMILES string of the molecule is CCC(CC)(CNC(=NC)NCCc1sc(C)nc1C)NC(=O)OC(C)(C)C. The first-order valence-corrected chi connectivity index (χ1v) is 10.7. The molecule has 1 rings (SSSR count). The molecule has 0 saturated carbocycles. The van der Waals surface area contributed by atoms with Gasteiger partial charge in [-0.2, -0.15) is 0 Å². The number of aryl methyl sites for hydroxylation is 2. The summed E-state index contributed by atoms with van der Waals surface area (Å²) in [6.07, 6.45) is 2.08. The van der Waals surface area contributed by atoms with Crippen LogP contribution in [0.15, 0.2) is 4.99 Å². The van der Waals surface area contributed by atoms with Crippen LogP contribution in [0.1, 0.15) is 63.0 Å². The Balaban J connectivity index is 2.59. The van der Waals surface area contributed by atoms with E-state index >= 15 is 0 Å². The smallest absolute Gasteiger partial charge is 0.408 e. The summed E-state index contributed by atoms with van der Waals surface area (Å²) in [7, 11) is 1.75. The molecule has 0 radical (unpaired) electrons. The van der Waals surface area contributed by atoms with Crippen LogP contribution in [0.3, 0.4) is 0 Å². The first kappa shape index (κ1) is 24.2. The fraction of sp³-hybridized carbons (Fsp3) is 0.750. The Hall–Kier alpha value is -1.83. The summed E-state index contributed by atoms with van der Waals surface area (Å²) in [6.45, 7) is 15.1. The summed E-state index contributed by atoms with van der Waals surface area (Å²) in [5, 5.41) is 10.8. The normalized spacial score (nSPS) is 12.6. The van der Waals surface area contributed by atoms with Gasteiger partial charge < -0.3 is 20.7 Å². The maximum Gasteiger partial charge on any atom is 0.408 e. The number of aliphatic imine (C=N–C) groups is 1. The monoisotopic (exact) mass is 411 g/mol. The summed E-state index contributed by atoms with van der Waals surface area (Å²) in [4.78, 5) is 22.3. The average Bonchev–Trinajstić information content (AvgIpc) is 2.92. The van der Waals surface area contributed by atoms with E-state index in [0.717, 1.165) is 42.5 Å². The zero-order valence-corrected chi connectivity index (χ0v) is 19.5. The third-order valence-corrected chi connectivity index (χ3v) is 5.71. The van der Waals surface area contributed by atoms with Gasteiger partial charge in [0.1, 0.15) is 5.60 Å². The maximum absolute atomic E-state index is 12.3. The summed E-state index contributed by atoms with van der Waals surface area (Å²) in [6, 6.07) is 0. The Morgan fingerprint density at radius 1 is 1.18 bits per heavy atom. The molecule has 0 fully saturated rings. The van der Waals surface area contributed by atoms with Crippen LogP contribution in [0, 0.1) is 13.8 Å². The third kappa shape index (κ3) is 8.04. The highest BCUT2D eigenvalue weighted by Crippen LogP contribution is 2.18. The molecule has 0 atom stereocenters. The van der Waals surface area contributed by atoms with E-state index in [9.17, 15) is 4.79 Å². The fourth-order valence-corrected chi connectivity index (χ4v) is 3.75. The van der Waals surface area contributed by atoms with Crippen LogP contribution in [0.5, 0.6) is 0 Å². The van der Waals surface area contributed by atoms with E-state index in [-0.39, 0.29) is 0 Å². The molecule has 7 nitrogen and oxygen atoms in total. The number of ether oxygens (including phenoxy) is 1. The van der Waals surface area contributed by atoms with Gasteiger partial charge in [0.15, 0.2) is 5.96 Å². The van der Waals surface area contributed by atoms with E-state index < -0.39 is 17.2 Å². The van der Waals surface area contributed by atoms with Crippen LogP contribution in [0.25, 0.3) is 0 Å². The molecule has 3 N–H and O–H groups in total. The lowest BCUT2D eigenvalue weighted by molar-refractivity contribution is 0.0448. The Morgan fingerprint density at radius 2 is 1.82 bits per heavy atom. The summed E-state index contributed by atoms with van der Waals surface area (Å²) >= 11 is 1.74. The lowest BCUT2D eigenvalue weighted by atomic mass is 9.93. The topological polar surface area (TPSA) is 87.6 Å². The molecule has 0 aromatic carbocycles. The Morgan fingerprint density at radius 3 is 2.29 bits per heavy atom. The van der Waals surface area contributed by atoms with Gasteiger partial charge >= 0.3 is 6.09 Å². The second-order valence-corrected chi connectivity index (χ2v) is 9.25. The van der Waals surface area contributed by atoms with Crippen molar-refractivity contribution in [1.29, 1.82) is 0 Å². The van der Waals surface area contributed by atoms with Gasteiger partial charge in [0.05, 0.1) is 16.2 Å². The molecule has 28 heavy (non-hydrogen) atoms. The van der Waals surface area contributed by atoms with Crippen molar-refractivity contribution in [3.8, 4) is 0 Å². The van der Waals surface area contributed by atoms with Crippen LogP contribution in [-0.4, -0.2) is 48.3 Å². The van der Waals surface area contributed by atoms with E-state index in [4.69, 9.17) is 4.74 Å². The molecule has 1 amide bonds. The molecule has 0 aliphatic heterocycles. The molecule has 0 saturated heterocycles. The minimum atomic E-state index is -0.518. The zero-order valence-electron chi connectivity index (χ0n) is 18.7. The predicted octanol–water partition coefficient (Wildman–Crippen LogP) is 3.55. The lowest BCUT2D eigenvalue weighted by Crippen LogP contribution is -2.57. The van der Waals surface area contributed by atoms with Gasteiger partial charge in [0.25, 0.3) is 0 Å². The van der Waals surface area contributed by atoms with E-state index in [1.165, 1.54) is 4.88 Å². The van der Waals surface area contributed by atoms with Gasteiger partial charge in [-0.1, -0.05) is 13.8 Å². The number of nitrogens with one attached hydrogen (secondary N) is 3. The number of carbonyl (C=O) groups is 1. The Bertz CT molecular complexity index is 660. The Kier molecular flexibility index (Phi) is 9.20. The number of nitrogens with zero attached hydrogens (tertiary/aromatic N) is 2. The molecule has 0 spiro atoms. The largest absolute Gasteiger partial charge is 0.444 e. The third-order valence-electron chi connectivity index (χ3n) is 4.58. The van der Waals surface area contributed by atoms with E-state index in [1.54, 1.807) is 18.4 Å². The van der Waals surface area contributed by atoms with Crippen molar-refractivity contribution in [2.75, 3.05) is 20.1 Å². The van der Waals surface area contributed by atoms with Gasteiger partial charge in [-0.3, -0.25) is 4.99 Å². The van der Waals surface area contributed by atoms with Crippen LogP contribution < -0.4 is 16.0 Å². The molecule has 8 heteroatoms. The number of hydrogen-bond acceptors (Lipinski definition) is 5. The predicted molar refractivity (Wildman–Crippen MR) is 117 cm³/mol. The molecule has 1 aromatic rings. The molecular weight excluding hydrogens is 374 g/mol. The van der Waals surface area contributed by atoms with Crippen LogP contribution in [0.2, 0.25) is 0 Å². The van der Waals surface area contributed by atoms with Gasteiger partial charge in [0.2, 0.25) is 0 Å². The summed E-state index contributed by atoms with van der Waals surface area (Å²) in [5.41, 5.74) is 0.186. The molecule has 0 bridgehead atoms. The average molecular weight is 412 g/mol. The van der Waals surface area contributed by atoms with Crippen molar-refractivity contribution < 1.29 is 9.53 Å². The lowest BCUT2D eigenvalue weighted by Gasteiger charge is -2.34. The minimum absolute atomic E-state index is 0.392. The number of thiazole rings is 1. The molecule has 0 aliphatic rings. The van der Waals surface area contributed by atoms with E-state index in [1.807, 2.05) is 34.6 Å². The number of hydrogen-bond donors (Lipinski definition) is 3. The van der Waals surface area contributed by atoms with Crippen LogP contribution >= 0.6 is 11.3 Å². The van der Waals surface area contributed by atoms with Crippen molar-refractivity contribution in [2.45, 2.75) is 78.9 Å². The highest BCUT2D eigenvalue weighted by atomic mass is 32.1. The zero-order chi connectivity index (χ0) is 21.4. The van der Waals surface area contributed by atoms with Gasteiger partial charge in [0, 0.05) is 31.4 Å². The summed E-state index contributed by atoms with van der Waals surface area (Å²) in [5.74, 6) is 0.719. The van der Waals surface area contributed by atoms with E-state index in [2.05, 4.69) is 39.8 Å². The summed E-state index contributed by atoms with van der Waals surface area (Å²) < 4.78 is 5.43. The molecule has 1 aromatic heterocycles. The molecule has 0 unspecified atom stereocenters. The van der Waals surface area contributed by atoms with Gasteiger partial charge in [-0.25, -0.2) is 9.78 Å². The minimum Gasteiger partial charge on any atom is -0.444 e. The quantitative estimate of drug-likeness (QED) is 0.450. The standard InChI is InChI=1S/C20H37N5O2S/c1-9-20(10-2,25-18(26)27-19(5,6)7)13-23-17(21-8)22-12-11-16-14(3)24-15(4)28-16/h9-13H2,1-8H3,(H,25,26)(H2,21,22,23). The number of rotatable bonds is 8. The number of carbonyl (C=O) groups excluding carboxylic acids is 1. The Labute approximate surface area is 173 Å². The molecule has 0 aliphatic carbocycles. The number of amides is 1. The van der Waals surface area contributed by atoms with Crippen molar-refractivity contribution >= 4 is 23.4 Å². The maximum atomic E-state index is 12.3. The second-order valence-electron chi connectivity index (χ2n) is 7.96. The highest BCUT2D eigenvalue weighted by Gasteiger charge is 2.30. The first-order valence-electron chi connectivity index (χ1n) is 9.92. The van der Waals surface area contributed by atoms with Gasteiger partial charge in [-0.05, 0) is 47.5 Å². The molecular formula is C20H37N5O2S. The molecule has 160 valence electrons. The number of aromatic nitrogens is 1. The fourth-order valence-electron chi connectivity index (χ4n) is 2.81. The van der Waals surface area contributed by atoms with E-state index in [0.29, 0.717) is 6.54 Å². The van der Waals surface area contributed by atoms with Crippen LogP contribution in [-0.2, 0) is 11.2 Å². The van der Waals surface area contributed by atoms with Crippen molar-refractivity contribution in [3.05, 3.63) is 15.6 Å². The van der Waals surface area contributed by atoms with Gasteiger partial charge in [-0.15, -0.1) is 11.3 Å². The van der Waals surface area contributed by atoms with Crippen molar-refractivity contribution in [3.63, 3.8) is 0 Å². The second kappa shape index (κ2) is 10.6.